The van der Waals surface area contributed by atoms with Crippen molar-refractivity contribution in [3.63, 3.8) is 0 Å². The number of nitrogens with zero attached hydrogens (tertiary/aromatic N) is 3. The molecule has 3 rings (SSSR count). The van der Waals surface area contributed by atoms with Crippen LogP contribution in [0.15, 0.2) is 17.1 Å². The van der Waals surface area contributed by atoms with Crippen LogP contribution in [-0.2, 0) is 6.42 Å². The van der Waals surface area contributed by atoms with Gasteiger partial charge in [0.25, 0.3) is 5.91 Å². The Kier molecular flexibility index (Phi) is 3.61. The third-order valence-electron chi connectivity index (χ3n) is 3.46. The predicted octanol–water partition coefficient (Wildman–Crippen LogP) is 2.61. The lowest BCUT2D eigenvalue weighted by atomic mass is 10.1. The summed E-state index contributed by atoms with van der Waals surface area (Å²) in [5.74, 6) is 0.685. The summed E-state index contributed by atoms with van der Waals surface area (Å²) in [4.78, 5) is 23.6. The van der Waals surface area contributed by atoms with Gasteiger partial charge >= 0.3 is 0 Å². The van der Waals surface area contributed by atoms with Gasteiger partial charge in [0.05, 0.1) is 16.2 Å². The minimum atomic E-state index is 0.140. The smallest absolute Gasteiger partial charge is 0.265 e. The van der Waals surface area contributed by atoms with Crippen LogP contribution in [0.4, 0.5) is 0 Å². The normalized spacial score (nSPS) is 19.0. The fourth-order valence-corrected chi connectivity index (χ4v) is 3.94. The lowest BCUT2D eigenvalue weighted by Crippen LogP contribution is -2.28. The van der Waals surface area contributed by atoms with E-state index >= 15 is 0 Å². The van der Waals surface area contributed by atoms with Crippen LogP contribution in [0.1, 0.15) is 26.8 Å². The number of hydrogen-bond acceptors (Lipinski definition) is 5. The highest BCUT2D eigenvalue weighted by Crippen LogP contribution is 2.25. The van der Waals surface area contributed by atoms with Gasteiger partial charge in [-0.2, -0.15) is 0 Å². The summed E-state index contributed by atoms with van der Waals surface area (Å²) in [5, 5.41) is 3.18. The number of aromatic nitrogens is 2. The fraction of sp³-hybridized carbons (Fsp3) is 0.462. The Bertz CT molecular complexity index is 564. The Balaban J connectivity index is 1.63. The van der Waals surface area contributed by atoms with E-state index in [0.29, 0.717) is 5.92 Å². The number of aryl methyl sites for hydroxylation is 1. The highest BCUT2D eigenvalue weighted by atomic mass is 32.1. The van der Waals surface area contributed by atoms with E-state index in [9.17, 15) is 4.79 Å². The Morgan fingerprint density at radius 1 is 1.47 bits per heavy atom. The molecular weight excluding hydrogens is 278 g/mol. The molecular formula is C13H15N3OS2. The molecule has 1 unspecified atom stereocenters. The molecule has 0 saturated carbocycles. The van der Waals surface area contributed by atoms with Gasteiger partial charge in [-0.3, -0.25) is 4.79 Å². The van der Waals surface area contributed by atoms with Gasteiger partial charge in [0, 0.05) is 31.1 Å². The molecule has 2 aromatic heterocycles. The third-order valence-corrected chi connectivity index (χ3v) is 5.18. The van der Waals surface area contributed by atoms with Crippen molar-refractivity contribution in [2.24, 2.45) is 5.92 Å². The molecule has 1 aliphatic heterocycles. The minimum absolute atomic E-state index is 0.140. The number of rotatable bonds is 3. The molecule has 0 spiro atoms. The molecule has 2 aromatic rings. The molecule has 0 aromatic carbocycles. The summed E-state index contributed by atoms with van der Waals surface area (Å²) in [6, 6.07) is 0. The highest BCUT2D eigenvalue weighted by Gasteiger charge is 2.28. The SMILES string of the molecule is Cc1ncsc1C(=O)N1CCC(Cc2nccs2)C1. The zero-order valence-electron chi connectivity index (χ0n) is 10.7. The van der Waals surface area contributed by atoms with Crippen molar-refractivity contribution >= 4 is 28.6 Å². The average molecular weight is 293 g/mol. The van der Waals surface area contributed by atoms with Crippen LogP contribution in [0.25, 0.3) is 0 Å². The second kappa shape index (κ2) is 5.38. The number of carbonyl (C=O) groups excluding carboxylic acids is 1. The van der Waals surface area contributed by atoms with Crippen molar-refractivity contribution in [3.8, 4) is 0 Å². The van der Waals surface area contributed by atoms with Crippen LogP contribution >= 0.6 is 22.7 Å². The molecule has 0 aliphatic carbocycles. The number of hydrogen-bond donors (Lipinski definition) is 0. The Hall–Kier alpha value is -1.27. The van der Waals surface area contributed by atoms with E-state index in [1.54, 1.807) is 16.8 Å². The molecule has 3 heterocycles. The first-order chi connectivity index (χ1) is 9.24. The average Bonchev–Trinajstić information content (AvgIpc) is 3.10. The van der Waals surface area contributed by atoms with E-state index in [4.69, 9.17) is 0 Å². The van der Waals surface area contributed by atoms with Gasteiger partial charge in [0.15, 0.2) is 0 Å². The summed E-state index contributed by atoms with van der Waals surface area (Å²) in [6.45, 7) is 3.59. The summed E-state index contributed by atoms with van der Waals surface area (Å²) in [6.07, 6.45) is 3.91. The van der Waals surface area contributed by atoms with Gasteiger partial charge in [0.2, 0.25) is 0 Å². The molecule has 6 heteroatoms. The molecule has 1 saturated heterocycles. The number of carbonyl (C=O) groups is 1. The fourth-order valence-electron chi connectivity index (χ4n) is 2.44. The molecule has 1 amide bonds. The monoisotopic (exact) mass is 293 g/mol. The molecule has 1 fully saturated rings. The quantitative estimate of drug-likeness (QED) is 0.874. The van der Waals surface area contributed by atoms with Crippen molar-refractivity contribution < 1.29 is 4.79 Å². The number of amides is 1. The van der Waals surface area contributed by atoms with Crippen LogP contribution in [-0.4, -0.2) is 33.9 Å². The summed E-state index contributed by atoms with van der Waals surface area (Å²) >= 11 is 3.14. The first-order valence-corrected chi connectivity index (χ1v) is 8.07. The zero-order chi connectivity index (χ0) is 13.2. The Labute approximate surface area is 120 Å². The standard InChI is InChI=1S/C13H15N3OS2/c1-9-12(19-8-15-9)13(17)16-4-2-10(7-16)6-11-14-3-5-18-11/h3,5,8,10H,2,4,6-7H2,1H3. The maximum Gasteiger partial charge on any atom is 0.265 e. The molecule has 1 atom stereocenters. The van der Waals surface area contributed by atoms with E-state index in [0.717, 1.165) is 36.5 Å². The van der Waals surface area contributed by atoms with Crippen molar-refractivity contribution in [3.05, 3.63) is 32.7 Å². The largest absolute Gasteiger partial charge is 0.338 e. The zero-order valence-corrected chi connectivity index (χ0v) is 12.3. The van der Waals surface area contributed by atoms with Crippen molar-refractivity contribution in [1.82, 2.24) is 14.9 Å². The Morgan fingerprint density at radius 2 is 2.37 bits per heavy atom. The van der Waals surface area contributed by atoms with E-state index in [1.165, 1.54) is 16.3 Å². The molecule has 0 radical (unpaired) electrons. The third kappa shape index (κ3) is 2.69. The molecule has 0 N–H and O–H groups in total. The van der Waals surface area contributed by atoms with Crippen molar-refractivity contribution in [2.75, 3.05) is 13.1 Å². The molecule has 0 bridgehead atoms. The van der Waals surface area contributed by atoms with Crippen LogP contribution < -0.4 is 0 Å². The van der Waals surface area contributed by atoms with Gasteiger partial charge < -0.3 is 4.90 Å². The summed E-state index contributed by atoms with van der Waals surface area (Å²) in [7, 11) is 0. The predicted molar refractivity (Wildman–Crippen MR) is 76.7 cm³/mol. The highest BCUT2D eigenvalue weighted by molar-refractivity contribution is 7.11. The van der Waals surface area contributed by atoms with Gasteiger partial charge in [-0.25, -0.2) is 9.97 Å². The van der Waals surface area contributed by atoms with Gasteiger partial charge in [-0.15, -0.1) is 22.7 Å². The van der Waals surface area contributed by atoms with Gasteiger partial charge in [-0.05, 0) is 19.3 Å². The minimum Gasteiger partial charge on any atom is -0.338 e. The van der Waals surface area contributed by atoms with Crippen LogP contribution in [0, 0.1) is 12.8 Å². The lowest BCUT2D eigenvalue weighted by molar-refractivity contribution is 0.0791. The van der Waals surface area contributed by atoms with Crippen LogP contribution in [0.3, 0.4) is 0 Å². The van der Waals surface area contributed by atoms with Crippen molar-refractivity contribution in [2.45, 2.75) is 19.8 Å². The lowest BCUT2D eigenvalue weighted by Gasteiger charge is -2.15. The number of thiazole rings is 2. The summed E-state index contributed by atoms with van der Waals surface area (Å²) < 4.78 is 0. The second-order valence-electron chi connectivity index (χ2n) is 4.80. The maximum absolute atomic E-state index is 12.4. The second-order valence-corrected chi connectivity index (χ2v) is 6.64. The van der Waals surface area contributed by atoms with Gasteiger partial charge in [-0.1, -0.05) is 0 Å². The Morgan fingerprint density at radius 3 is 3.05 bits per heavy atom. The van der Waals surface area contributed by atoms with E-state index in [1.807, 2.05) is 23.4 Å². The van der Waals surface area contributed by atoms with Crippen LogP contribution in [0.2, 0.25) is 0 Å². The van der Waals surface area contributed by atoms with Crippen molar-refractivity contribution in [1.29, 1.82) is 0 Å². The topological polar surface area (TPSA) is 46.1 Å². The molecule has 100 valence electrons. The maximum atomic E-state index is 12.4. The van der Waals surface area contributed by atoms with E-state index in [2.05, 4.69) is 9.97 Å². The molecule has 4 nitrogen and oxygen atoms in total. The van der Waals surface area contributed by atoms with Crippen LogP contribution in [0.5, 0.6) is 0 Å². The molecule has 19 heavy (non-hydrogen) atoms. The first-order valence-electron chi connectivity index (χ1n) is 6.32. The summed E-state index contributed by atoms with van der Waals surface area (Å²) in [5.41, 5.74) is 2.59. The van der Waals surface area contributed by atoms with E-state index in [-0.39, 0.29) is 5.91 Å². The van der Waals surface area contributed by atoms with Gasteiger partial charge in [0.1, 0.15) is 4.88 Å². The first kappa shape index (κ1) is 12.7. The van der Waals surface area contributed by atoms with E-state index < -0.39 is 0 Å². The number of likely N-dealkylation sites (tertiary alicyclic amines) is 1. The molecule has 1 aliphatic rings.